The molecule has 21 heavy (non-hydrogen) atoms. The SMILES string of the molecule is c1ccc2ncc(-c3cncc(CNC4CC4)c3)cc2c1. The van der Waals surface area contributed by atoms with Gasteiger partial charge in [-0.1, -0.05) is 18.2 Å². The molecule has 2 heterocycles. The summed E-state index contributed by atoms with van der Waals surface area (Å²) in [5.41, 5.74) is 4.51. The minimum absolute atomic E-state index is 0.719. The van der Waals surface area contributed by atoms with Gasteiger partial charge in [-0.15, -0.1) is 0 Å². The topological polar surface area (TPSA) is 37.8 Å². The van der Waals surface area contributed by atoms with Crippen molar-refractivity contribution in [1.82, 2.24) is 15.3 Å². The molecule has 0 aliphatic heterocycles. The molecule has 1 aliphatic carbocycles. The normalized spacial score (nSPS) is 14.5. The third-order valence-corrected chi connectivity index (χ3v) is 3.89. The highest BCUT2D eigenvalue weighted by Crippen LogP contribution is 2.23. The summed E-state index contributed by atoms with van der Waals surface area (Å²) in [5, 5.41) is 4.69. The van der Waals surface area contributed by atoms with E-state index in [2.05, 4.69) is 33.5 Å². The molecule has 0 bridgehead atoms. The maximum Gasteiger partial charge on any atom is 0.0702 e. The van der Waals surface area contributed by atoms with Crippen LogP contribution in [-0.4, -0.2) is 16.0 Å². The first-order chi connectivity index (χ1) is 10.4. The zero-order chi connectivity index (χ0) is 14.1. The maximum absolute atomic E-state index is 4.53. The van der Waals surface area contributed by atoms with Crippen molar-refractivity contribution in [2.24, 2.45) is 0 Å². The summed E-state index contributed by atoms with van der Waals surface area (Å²) in [4.78, 5) is 8.90. The van der Waals surface area contributed by atoms with E-state index in [9.17, 15) is 0 Å². The minimum atomic E-state index is 0.719. The first kappa shape index (κ1) is 12.5. The van der Waals surface area contributed by atoms with Crippen LogP contribution in [0, 0.1) is 0 Å². The number of pyridine rings is 2. The Balaban J connectivity index is 1.65. The van der Waals surface area contributed by atoms with Crippen molar-refractivity contribution >= 4 is 10.9 Å². The molecule has 1 N–H and O–H groups in total. The molecule has 1 fully saturated rings. The number of nitrogens with one attached hydrogen (secondary N) is 1. The van der Waals surface area contributed by atoms with Gasteiger partial charge in [-0.25, -0.2) is 0 Å². The van der Waals surface area contributed by atoms with Gasteiger partial charge in [-0.05, 0) is 36.6 Å². The van der Waals surface area contributed by atoms with Crippen LogP contribution >= 0.6 is 0 Å². The van der Waals surface area contributed by atoms with Gasteiger partial charge in [0.05, 0.1) is 5.52 Å². The predicted octanol–water partition coefficient (Wildman–Crippen LogP) is 3.55. The summed E-state index contributed by atoms with van der Waals surface area (Å²) in [6, 6.07) is 13.3. The molecule has 0 unspecified atom stereocenters. The molecule has 0 spiro atoms. The number of nitrogens with zero attached hydrogens (tertiary/aromatic N) is 2. The minimum Gasteiger partial charge on any atom is -0.310 e. The largest absolute Gasteiger partial charge is 0.310 e. The van der Waals surface area contributed by atoms with Crippen LogP contribution in [-0.2, 0) is 6.54 Å². The summed E-state index contributed by atoms with van der Waals surface area (Å²) in [6.45, 7) is 0.895. The zero-order valence-electron chi connectivity index (χ0n) is 11.8. The number of hydrogen-bond acceptors (Lipinski definition) is 3. The molecule has 0 saturated heterocycles. The summed E-state index contributed by atoms with van der Waals surface area (Å²) >= 11 is 0. The lowest BCUT2D eigenvalue weighted by Gasteiger charge is -2.07. The monoisotopic (exact) mass is 275 g/mol. The predicted molar refractivity (Wildman–Crippen MR) is 84.8 cm³/mol. The average Bonchev–Trinajstić information content (AvgIpc) is 3.37. The molecule has 3 heteroatoms. The van der Waals surface area contributed by atoms with E-state index in [1.54, 1.807) is 0 Å². The lowest BCUT2D eigenvalue weighted by molar-refractivity contribution is 0.686. The van der Waals surface area contributed by atoms with E-state index in [-0.39, 0.29) is 0 Å². The fourth-order valence-electron chi connectivity index (χ4n) is 2.52. The van der Waals surface area contributed by atoms with Crippen molar-refractivity contribution in [2.45, 2.75) is 25.4 Å². The summed E-state index contributed by atoms with van der Waals surface area (Å²) in [5.74, 6) is 0. The van der Waals surface area contributed by atoms with Crippen molar-refractivity contribution in [1.29, 1.82) is 0 Å². The third-order valence-electron chi connectivity index (χ3n) is 3.89. The number of rotatable bonds is 4. The second-order valence-electron chi connectivity index (χ2n) is 5.65. The molecule has 1 aliphatic rings. The fraction of sp³-hybridized carbons (Fsp3) is 0.222. The van der Waals surface area contributed by atoms with E-state index >= 15 is 0 Å². The Labute approximate surface area is 124 Å². The molecule has 0 radical (unpaired) electrons. The van der Waals surface area contributed by atoms with E-state index in [4.69, 9.17) is 0 Å². The molecule has 2 aromatic heterocycles. The van der Waals surface area contributed by atoms with Gasteiger partial charge in [0, 0.05) is 47.7 Å². The molecule has 0 amide bonds. The second kappa shape index (κ2) is 5.26. The second-order valence-corrected chi connectivity index (χ2v) is 5.65. The Kier molecular flexibility index (Phi) is 3.13. The van der Waals surface area contributed by atoms with Crippen molar-refractivity contribution in [3.63, 3.8) is 0 Å². The molecular weight excluding hydrogens is 258 g/mol. The molecule has 1 aromatic carbocycles. The van der Waals surface area contributed by atoms with Gasteiger partial charge in [0.1, 0.15) is 0 Å². The first-order valence-corrected chi connectivity index (χ1v) is 7.41. The van der Waals surface area contributed by atoms with Gasteiger partial charge in [-0.3, -0.25) is 9.97 Å². The fourth-order valence-corrected chi connectivity index (χ4v) is 2.52. The van der Waals surface area contributed by atoms with E-state index < -0.39 is 0 Å². The van der Waals surface area contributed by atoms with Crippen LogP contribution in [0.3, 0.4) is 0 Å². The summed E-state index contributed by atoms with van der Waals surface area (Å²) < 4.78 is 0. The molecule has 1 saturated carbocycles. The van der Waals surface area contributed by atoms with Gasteiger partial charge < -0.3 is 5.32 Å². The quantitative estimate of drug-likeness (QED) is 0.791. The molecule has 3 aromatic rings. The Morgan fingerprint density at radius 1 is 1.00 bits per heavy atom. The Morgan fingerprint density at radius 2 is 1.86 bits per heavy atom. The lowest BCUT2D eigenvalue weighted by atomic mass is 10.1. The van der Waals surface area contributed by atoms with Crippen LogP contribution in [0.25, 0.3) is 22.0 Å². The average molecular weight is 275 g/mol. The zero-order valence-corrected chi connectivity index (χ0v) is 11.8. The summed E-state index contributed by atoms with van der Waals surface area (Å²) in [6.07, 6.45) is 8.39. The Morgan fingerprint density at radius 3 is 2.76 bits per heavy atom. The highest BCUT2D eigenvalue weighted by Gasteiger charge is 2.19. The van der Waals surface area contributed by atoms with Crippen molar-refractivity contribution in [2.75, 3.05) is 0 Å². The highest BCUT2D eigenvalue weighted by atomic mass is 14.9. The van der Waals surface area contributed by atoms with Crippen molar-refractivity contribution in [3.8, 4) is 11.1 Å². The number of aromatic nitrogens is 2. The highest BCUT2D eigenvalue weighted by molar-refractivity contribution is 5.83. The lowest BCUT2D eigenvalue weighted by Crippen LogP contribution is -2.15. The van der Waals surface area contributed by atoms with Crippen LogP contribution in [0.4, 0.5) is 0 Å². The standard InChI is InChI=1S/C18H17N3/c1-2-4-18-14(3-1)8-16(12-21-18)15-7-13(9-19-11-15)10-20-17-5-6-17/h1-4,7-9,11-12,17,20H,5-6,10H2. The van der Waals surface area contributed by atoms with Crippen molar-refractivity contribution < 1.29 is 0 Å². The Hall–Kier alpha value is -2.26. The number of para-hydroxylation sites is 1. The van der Waals surface area contributed by atoms with Crippen LogP contribution in [0.5, 0.6) is 0 Å². The Bertz CT molecular complexity index is 778. The third kappa shape index (κ3) is 2.78. The maximum atomic E-state index is 4.53. The summed E-state index contributed by atoms with van der Waals surface area (Å²) in [7, 11) is 0. The smallest absolute Gasteiger partial charge is 0.0702 e. The molecule has 0 atom stereocenters. The molecular formula is C18H17N3. The molecule has 4 rings (SSSR count). The van der Waals surface area contributed by atoms with Crippen LogP contribution < -0.4 is 5.32 Å². The number of hydrogen-bond donors (Lipinski definition) is 1. The van der Waals surface area contributed by atoms with Crippen molar-refractivity contribution in [3.05, 3.63) is 60.6 Å². The molecule has 3 nitrogen and oxygen atoms in total. The van der Waals surface area contributed by atoms with Crippen LogP contribution in [0.2, 0.25) is 0 Å². The van der Waals surface area contributed by atoms with E-state index in [0.717, 1.165) is 34.6 Å². The van der Waals surface area contributed by atoms with Crippen LogP contribution in [0.15, 0.2) is 55.0 Å². The number of benzene rings is 1. The van der Waals surface area contributed by atoms with Crippen LogP contribution in [0.1, 0.15) is 18.4 Å². The van der Waals surface area contributed by atoms with Gasteiger partial charge >= 0.3 is 0 Å². The van der Waals surface area contributed by atoms with Gasteiger partial charge in [0.15, 0.2) is 0 Å². The molecule has 104 valence electrons. The first-order valence-electron chi connectivity index (χ1n) is 7.41. The van der Waals surface area contributed by atoms with Gasteiger partial charge in [0.2, 0.25) is 0 Å². The van der Waals surface area contributed by atoms with E-state index in [0.29, 0.717) is 0 Å². The van der Waals surface area contributed by atoms with E-state index in [1.165, 1.54) is 18.4 Å². The van der Waals surface area contributed by atoms with Gasteiger partial charge in [0.25, 0.3) is 0 Å². The van der Waals surface area contributed by atoms with E-state index in [1.807, 2.05) is 36.8 Å². The number of fused-ring (bicyclic) bond motifs is 1. The van der Waals surface area contributed by atoms with Gasteiger partial charge in [-0.2, -0.15) is 0 Å².